The van der Waals surface area contributed by atoms with Gasteiger partial charge in [0.25, 0.3) is 0 Å². The monoisotopic (exact) mass is 410 g/mol. The Morgan fingerprint density at radius 1 is 1.28 bits per heavy atom. The number of aliphatic imine (C=N–C) groups is 1. The lowest BCUT2D eigenvalue weighted by Gasteiger charge is -2.19. The summed E-state index contributed by atoms with van der Waals surface area (Å²) in [5.41, 5.74) is 0.733. The van der Waals surface area contributed by atoms with E-state index >= 15 is 0 Å². The standard InChI is InChI=1S/C21H32F2N4O2/c1-24-21(25-8-3-10-28-15-18-4-2-11-29-18)26-13-16-7-9-27(14-16)17-5-6-19(22)20(23)12-17/h5-6,12,16,18H,2-4,7-11,13-15H2,1H3,(H2,24,25,26). The molecule has 8 heteroatoms. The number of benzene rings is 1. The van der Waals surface area contributed by atoms with Crippen molar-refractivity contribution in [2.45, 2.75) is 31.8 Å². The SMILES string of the molecule is CN=C(NCCCOCC1CCCO1)NCC1CCN(c2ccc(F)c(F)c2)C1. The van der Waals surface area contributed by atoms with E-state index in [1.165, 1.54) is 12.1 Å². The molecular formula is C21H32F2N4O2. The van der Waals surface area contributed by atoms with Gasteiger partial charge >= 0.3 is 0 Å². The second-order valence-electron chi connectivity index (χ2n) is 7.64. The molecule has 0 bridgehead atoms. The molecule has 2 aliphatic rings. The first-order chi connectivity index (χ1) is 14.2. The van der Waals surface area contributed by atoms with Crippen molar-refractivity contribution >= 4 is 11.6 Å². The van der Waals surface area contributed by atoms with Crippen LogP contribution in [0.2, 0.25) is 0 Å². The number of guanidine groups is 1. The smallest absolute Gasteiger partial charge is 0.190 e. The number of nitrogens with zero attached hydrogens (tertiary/aromatic N) is 2. The van der Waals surface area contributed by atoms with Crippen LogP contribution >= 0.6 is 0 Å². The maximum absolute atomic E-state index is 13.5. The number of ether oxygens (including phenoxy) is 2. The molecule has 1 aromatic rings. The van der Waals surface area contributed by atoms with E-state index in [2.05, 4.69) is 20.5 Å². The number of hydrogen-bond acceptors (Lipinski definition) is 4. The second-order valence-corrected chi connectivity index (χ2v) is 7.64. The maximum Gasteiger partial charge on any atom is 0.190 e. The predicted molar refractivity (Wildman–Crippen MR) is 110 cm³/mol. The Labute approximate surface area is 171 Å². The molecule has 0 spiro atoms. The molecule has 0 radical (unpaired) electrons. The van der Waals surface area contributed by atoms with Gasteiger partial charge in [-0.2, -0.15) is 0 Å². The van der Waals surface area contributed by atoms with Crippen LogP contribution in [-0.2, 0) is 9.47 Å². The highest BCUT2D eigenvalue weighted by molar-refractivity contribution is 5.79. The second kappa shape index (κ2) is 11.3. The highest BCUT2D eigenvalue weighted by atomic mass is 19.2. The average Bonchev–Trinajstić information content (AvgIpc) is 3.41. The molecule has 2 saturated heterocycles. The summed E-state index contributed by atoms with van der Waals surface area (Å²) in [7, 11) is 1.76. The summed E-state index contributed by atoms with van der Waals surface area (Å²) >= 11 is 0. The summed E-state index contributed by atoms with van der Waals surface area (Å²) in [6.45, 7) is 5.47. The zero-order valence-corrected chi connectivity index (χ0v) is 17.1. The molecule has 2 aliphatic heterocycles. The molecule has 1 aromatic carbocycles. The Hall–Kier alpha value is -1.93. The molecule has 162 valence electrons. The highest BCUT2D eigenvalue weighted by Gasteiger charge is 2.23. The third-order valence-corrected chi connectivity index (χ3v) is 5.42. The molecule has 2 heterocycles. The highest BCUT2D eigenvalue weighted by Crippen LogP contribution is 2.25. The number of nitrogens with one attached hydrogen (secondary N) is 2. The summed E-state index contributed by atoms with van der Waals surface area (Å²) < 4.78 is 37.8. The van der Waals surface area contributed by atoms with Crippen LogP contribution in [-0.4, -0.2) is 65.1 Å². The third-order valence-electron chi connectivity index (χ3n) is 5.42. The molecule has 6 nitrogen and oxygen atoms in total. The molecule has 0 saturated carbocycles. The molecule has 2 N–H and O–H groups in total. The zero-order valence-electron chi connectivity index (χ0n) is 17.1. The summed E-state index contributed by atoms with van der Waals surface area (Å²) in [4.78, 5) is 6.35. The Bertz CT molecular complexity index is 668. The minimum atomic E-state index is -0.807. The Kier molecular flexibility index (Phi) is 8.49. The first-order valence-corrected chi connectivity index (χ1v) is 10.5. The van der Waals surface area contributed by atoms with Crippen molar-refractivity contribution < 1.29 is 18.3 Å². The van der Waals surface area contributed by atoms with E-state index in [4.69, 9.17) is 9.47 Å². The lowest BCUT2D eigenvalue weighted by atomic mass is 10.1. The molecule has 2 fully saturated rings. The zero-order chi connectivity index (χ0) is 20.5. The van der Waals surface area contributed by atoms with Crippen LogP contribution in [0, 0.1) is 17.6 Å². The van der Waals surface area contributed by atoms with Gasteiger partial charge < -0.3 is 25.0 Å². The minimum absolute atomic E-state index is 0.273. The van der Waals surface area contributed by atoms with E-state index in [1.807, 2.05) is 0 Å². The summed E-state index contributed by atoms with van der Waals surface area (Å²) in [6, 6.07) is 4.09. The normalized spacial score (nSPS) is 22.3. The van der Waals surface area contributed by atoms with Crippen molar-refractivity contribution in [3.05, 3.63) is 29.8 Å². The quantitative estimate of drug-likeness (QED) is 0.372. The maximum atomic E-state index is 13.5. The molecule has 0 amide bonds. The number of anilines is 1. The van der Waals surface area contributed by atoms with Crippen LogP contribution in [0.3, 0.4) is 0 Å². The predicted octanol–water partition coefficient (Wildman–Crippen LogP) is 2.54. The third kappa shape index (κ3) is 6.82. The molecule has 2 unspecified atom stereocenters. The van der Waals surface area contributed by atoms with Crippen molar-refractivity contribution in [1.82, 2.24) is 10.6 Å². The fourth-order valence-corrected chi connectivity index (χ4v) is 3.75. The van der Waals surface area contributed by atoms with E-state index < -0.39 is 11.6 Å². The van der Waals surface area contributed by atoms with E-state index in [0.717, 1.165) is 70.1 Å². The largest absolute Gasteiger partial charge is 0.379 e. The Morgan fingerprint density at radius 3 is 2.93 bits per heavy atom. The van der Waals surface area contributed by atoms with Gasteiger partial charge in [0.2, 0.25) is 0 Å². The molecule has 2 atom stereocenters. The van der Waals surface area contributed by atoms with Gasteiger partial charge in [-0.15, -0.1) is 0 Å². The molecule has 0 aliphatic carbocycles. The van der Waals surface area contributed by atoms with Crippen molar-refractivity contribution in [3.63, 3.8) is 0 Å². The number of hydrogen-bond donors (Lipinski definition) is 2. The van der Waals surface area contributed by atoms with E-state index in [0.29, 0.717) is 19.1 Å². The van der Waals surface area contributed by atoms with Gasteiger partial charge in [0.1, 0.15) is 0 Å². The number of rotatable bonds is 9. The van der Waals surface area contributed by atoms with E-state index in [-0.39, 0.29) is 6.10 Å². The van der Waals surface area contributed by atoms with Gasteiger partial charge in [-0.1, -0.05) is 0 Å². The first kappa shape index (κ1) is 21.8. The lowest BCUT2D eigenvalue weighted by Crippen LogP contribution is -2.40. The lowest BCUT2D eigenvalue weighted by molar-refractivity contribution is 0.0168. The summed E-state index contributed by atoms with van der Waals surface area (Å²) in [6.07, 6.45) is 4.41. The fourth-order valence-electron chi connectivity index (χ4n) is 3.75. The van der Waals surface area contributed by atoms with Crippen LogP contribution in [0.1, 0.15) is 25.7 Å². The average molecular weight is 411 g/mol. The Balaban J connectivity index is 1.28. The molecule has 3 rings (SSSR count). The van der Waals surface area contributed by atoms with E-state index in [1.54, 1.807) is 13.1 Å². The van der Waals surface area contributed by atoms with Crippen LogP contribution in [0.4, 0.5) is 14.5 Å². The summed E-state index contributed by atoms with van der Waals surface area (Å²) in [5, 5.41) is 6.66. The van der Waals surface area contributed by atoms with Gasteiger partial charge in [0, 0.05) is 58.2 Å². The van der Waals surface area contributed by atoms with Gasteiger partial charge in [0.15, 0.2) is 17.6 Å². The summed E-state index contributed by atoms with van der Waals surface area (Å²) in [5.74, 6) is -0.404. The first-order valence-electron chi connectivity index (χ1n) is 10.5. The van der Waals surface area contributed by atoms with Crippen LogP contribution in [0.15, 0.2) is 23.2 Å². The molecular weight excluding hydrogens is 378 g/mol. The van der Waals surface area contributed by atoms with Crippen molar-refractivity contribution in [2.24, 2.45) is 10.9 Å². The number of halogens is 2. The van der Waals surface area contributed by atoms with Crippen molar-refractivity contribution in [3.8, 4) is 0 Å². The van der Waals surface area contributed by atoms with Crippen LogP contribution in [0.25, 0.3) is 0 Å². The molecule has 29 heavy (non-hydrogen) atoms. The van der Waals surface area contributed by atoms with Crippen LogP contribution < -0.4 is 15.5 Å². The van der Waals surface area contributed by atoms with Gasteiger partial charge in [-0.25, -0.2) is 8.78 Å². The van der Waals surface area contributed by atoms with Gasteiger partial charge in [-0.05, 0) is 43.7 Å². The Morgan fingerprint density at radius 2 is 2.17 bits per heavy atom. The fraction of sp³-hybridized carbons (Fsp3) is 0.667. The van der Waals surface area contributed by atoms with Gasteiger partial charge in [-0.3, -0.25) is 4.99 Å². The topological polar surface area (TPSA) is 58.1 Å². The molecule has 0 aromatic heterocycles. The van der Waals surface area contributed by atoms with Gasteiger partial charge in [0.05, 0.1) is 12.7 Å². The van der Waals surface area contributed by atoms with Crippen molar-refractivity contribution in [1.29, 1.82) is 0 Å². The minimum Gasteiger partial charge on any atom is -0.379 e. The van der Waals surface area contributed by atoms with Crippen molar-refractivity contribution in [2.75, 3.05) is 57.9 Å². The van der Waals surface area contributed by atoms with Crippen LogP contribution in [0.5, 0.6) is 0 Å². The van der Waals surface area contributed by atoms with E-state index in [9.17, 15) is 8.78 Å².